The number of carbonyl (C=O) groups excluding carboxylic acids is 1. The lowest BCUT2D eigenvalue weighted by Gasteiger charge is -1.96. The van der Waals surface area contributed by atoms with Gasteiger partial charge in [-0.2, -0.15) is 0 Å². The van der Waals surface area contributed by atoms with Gasteiger partial charge in [-0.25, -0.2) is 4.79 Å². The molecular formula is C9H12O6. The molecule has 1 aromatic carbocycles. The molecule has 6 nitrogen and oxygen atoms in total. The van der Waals surface area contributed by atoms with Crippen molar-refractivity contribution in [2.75, 3.05) is 14.2 Å². The lowest BCUT2D eigenvalue weighted by Crippen LogP contribution is -1.97. The first-order valence-electron chi connectivity index (χ1n) is 3.84. The Labute approximate surface area is 86.3 Å². The van der Waals surface area contributed by atoms with E-state index in [1.54, 1.807) is 0 Å². The summed E-state index contributed by atoms with van der Waals surface area (Å²) in [5.41, 5.74) is 0. The molecule has 0 atom stereocenters. The number of ether oxygens (including phenoxy) is 2. The molecule has 1 aromatic rings. The van der Waals surface area contributed by atoms with Gasteiger partial charge in [0.15, 0.2) is 17.2 Å². The van der Waals surface area contributed by atoms with Crippen molar-refractivity contribution in [3.05, 3.63) is 18.2 Å². The third kappa shape index (κ3) is 4.61. The first-order valence-corrected chi connectivity index (χ1v) is 3.84. The van der Waals surface area contributed by atoms with Crippen molar-refractivity contribution in [2.24, 2.45) is 0 Å². The molecule has 0 amide bonds. The molecule has 0 aliphatic carbocycles. The van der Waals surface area contributed by atoms with Crippen LogP contribution in [0.3, 0.4) is 0 Å². The number of benzene rings is 1. The van der Waals surface area contributed by atoms with Gasteiger partial charge >= 0.3 is 6.16 Å². The van der Waals surface area contributed by atoms with Crippen LogP contribution in [0.25, 0.3) is 0 Å². The van der Waals surface area contributed by atoms with Crippen LogP contribution in [0.15, 0.2) is 18.2 Å². The van der Waals surface area contributed by atoms with Crippen molar-refractivity contribution in [1.82, 2.24) is 0 Å². The Morgan fingerprint density at radius 3 is 1.67 bits per heavy atom. The summed E-state index contributed by atoms with van der Waals surface area (Å²) in [6.45, 7) is 0. The number of hydrogen-bond donors (Lipinski definition) is 3. The van der Waals surface area contributed by atoms with E-state index in [9.17, 15) is 4.79 Å². The number of para-hydroxylation sites is 1. The normalized spacial score (nSPS) is 8.40. The third-order valence-corrected chi connectivity index (χ3v) is 1.33. The Kier molecular flexibility index (Phi) is 5.47. The van der Waals surface area contributed by atoms with Crippen LogP contribution in [0.5, 0.6) is 17.2 Å². The van der Waals surface area contributed by atoms with Gasteiger partial charge in [-0.05, 0) is 12.1 Å². The van der Waals surface area contributed by atoms with Crippen molar-refractivity contribution in [2.45, 2.75) is 0 Å². The second kappa shape index (κ2) is 6.36. The fourth-order valence-corrected chi connectivity index (χ4v) is 0.603. The van der Waals surface area contributed by atoms with Gasteiger partial charge in [0, 0.05) is 0 Å². The van der Waals surface area contributed by atoms with Gasteiger partial charge in [0.2, 0.25) is 0 Å². The van der Waals surface area contributed by atoms with E-state index in [0.717, 1.165) is 0 Å². The fourth-order valence-electron chi connectivity index (χ4n) is 0.603. The first kappa shape index (κ1) is 12.9. The quantitative estimate of drug-likeness (QED) is 0.445. The minimum atomic E-state index is -0.657. The van der Waals surface area contributed by atoms with Gasteiger partial charge in [0.05, 0.1) is 14.2 Å². The van der Waals surface area contributed by atoms with Crippen LogP contribution in [-0.2, 0) is 9.47 Å². The summed E-state index contributed by atoms with van der Waals surface area (Å²) < 4.78 is 8.08. The summed E-state index contributed by atoms with van der Waals surface area (Å²) in [4.78, 5) is 9.74. The smallest absolute Gasteiger partial charge is 0.504 e. The van der Waals surface area contributed by atoms with Crippen LogP contribution in [0.2, 0.25) is 0 Å². The minimum absolute atomic E-state index is 0.310. The van der Waals surface area contributed by atoms with Crippen LogP contribution >= 0.6 is 0 Å². The van der Waals surface area contributed by atoms with Gasteiger partial charge in [0.1, 0.15) is 0 Å². The van der Waals surface area contributed by atoms with Crippen molar-refractivity contribution in [3.8, 4) is 17.2 Å². The van der Waals surface area contributed by atoms with Crippen molar-refractivity contribution < 1.29 is 29.6 Å². The predicted octanol–water partition coefficient (Wildman–Crippen LogP) is 1.20. The molecule has 0 unspecified atom stereocenters. The Morgan fingerprint density at radius 1 is 1.07 bits per heavy atom. The molecule has 0 saturated heterocycles. The summed E-state index contributed by atoms with van der Waals surface area (Å²) in [5, 5.41) is 26.1. The Hall–Kier alpha value is -2.11. The van der Waals surface area contributed by atoms with E-state index in [2.05, 4.69) is 9.47 Å². The zero-order valence-electron chi connectivity index (χ0n) is 8.30. The summed E-state index contributed by atoms with van der Waals surface area (Å²) in [6, 6.07) is 4.01. The summed E-state index contributed by atoms with van der Waals surface area (Å²) in [6.07, 6.45) is -0.657. The number of rotatable bonds is 0. The molecular weight excluding hydrogens is 204 g/mol. The third-order valence-electron chi connectivity index (χ3n) is 1.33. The topological polar surface area (TPSA) is 96.2 Å². The molecule has 0 bridgehead atoms. The average molecular weight is 216 g/mol. The van der Waals surface area contributed by atoms with Gasteiger partial charge < -0.3 is 24.8 Å². The molecule has 84 valence electrons. The molecule has 0 heterocycles. The molecule has 0 aromatic heterocycles. The van der Waals surface area contributed by atoms with E-state index < -0.39 is 11.9 Å². The number of methoxy groups -OCH3 is 2. The highest BCUT2D eigenvalue weighted by Gasteiger charge is 2.00. The van der Waals surface area contributed by atoms with Crippen LogP contribution < -0.4 is 0 Å². The molecule has 0 radical (unpaired) electrons. The van der Waals surface area contributed by atoms with Crippen molar-refractivity contribution in [1.29, 1.82) is 0 Å². The van der Waals surface area contributed by atoms with Crippen LogP contribution in [0, 0.1) is 0 Å². The van der Waals surface area contributed by atoms with Crippen LogP contribution in [-0.4, -0.2) is 35.7 Å². The highest BCUT2D eigenvalue weighted by atomic mass is 16.7. The Balaban J connectivity index is 0.000000288. The number of phenolic OH excluding ortho intramolecular Hbond substituents is 3. The summed E-state index contributed by atoms with van der Waals surface area (Å²) in [5.74, 6) is -1.09. The van der Waals surface area contributed by atoms with Crippen molar-refractivity contribution in [3.63, 3.8) is 0 Å². The number of hydrogen-bond acceptors (Lipinski definition) is 6. The van der Waals surface area contributed by atoms with Gasteiger partial charge in [0.25, 0.3) is 0 Å². The lowest BCUT2D eigenvalue weighted by molar-refractivity contribution is 0.0924. The molecule has 0 aliphatic heterocycles. The van der Waals surface area contributed by atoms with E-state index in [0.29, 0.717) is 0 Å². The fraction of sp³-hybridized carbons (Fsp3) is 0.222. The zero-order valence-corrected chi connectivity index (χ0v) is 8.30. The Morgan fingerprint density at radius 2 is 1.47 bits per heavy atom. The number of aromatic hydroxyl groups is 3. The average Bonchev–Trinajstić information content (AvgIpc) is 2.25. The van der Waals surface area contributed by atoms with E-state index in [1.807, 2.05) is 0 Å². The first-order chi connectivity index (χ1) is 7.02. The van der Waals surface area contributed by atoms with Gasteiger partial charge in [-0.15, -0.1) is 0 Å². The predicted molar refractivity (Wildman–Crippen MR) is 50.9 cm³/mol. The van der Waals surface area contributed by atoms with E-state index in [-0.39, 0.29) is 11.5 Å². The SMILES string of the molecule is COC(=O)OC.Oc1cccc(O)c1O. The van der Waals surface area contributed by atoms with E-state index in [4.69, 9.17) is 15.3 Å². The number of phenols is 3. The summed E-state index contributed by atoms with van der Waals surface area (Å²) in [7, 11) is 2.51. The monoisotopic (exact) mass is 216 g/mol. The summed E-state index contributed by atoms with van der Waals surface area (Å²) >= 11 is 0. The standard InChI is InChI=1S/C6H6O3.C3H6O3/c7-4-2-1-3-5(8)6(4)9;1-5-3(4)6-2/h1-3,7-9H;1-2H3. The van der Waals surface area contributed by atoms with Gasteiger partial charge in [-0.3, -0.25) is 0 Å². The van der Waals surface area contributed by atoms with Crippen LogP contribution in [0.4, 0.5) is 4.79 Å². The maximum absolute atomic E-state index is 9.74. The Bertz CT molecular complexity index is 296. The molecule has 3 N–H and O–H groups in total. The second-order valence-corrected chi connectivity index (χ2v) is 2.30. The molecule has 6 heteroatoms. The number of carbonyl (C=O) groups is 1. The largest absolute Gasteiger partial charge is 0.507 e. The van der Waals surface area contributed by atoms with Crippen molar-refractivity contribution >= 4 is 6.16 Å². The van der Waals surface area contributed by atoms with E-state index >= 15 is 0 Å². The maximum Gasteiger partial charge on any atom is 0.507 e. The molecule has 0 aliphatic rings. The van der Waals surface area contributed by atoms with Crippen LogP contribution in [0.1, 0.15) is 0 Å². The molecule has 0 spiro atoms. The molecule has 1 rings (SSSR count). The lowest BCUT2D eigenvalue weighted by atomic mass is 10.3. The molecule has 0 fully saturated rings. The molecule has 15 heavy (non-hydrogen) atoms. The maximum atomic E-state index is 9.74. The molecule has 0 saturated carbocycles. The van der Waals surface area contributed by atoms with Gasteiger partial charge in [-0.1, -0.05) is 6.07 Å². The van der Waals surface area contributed by atoms with E-state index in [1.165, 1.54) is 32.4 Å². The highest BCUT2D eigenvalue weighted by Crippen LogP contribution is 2.32. The zero-order chi connectivity index (χ0) is 11.8. The minimum Gasteiger partial charge on any atom is -0.504 e. The highest BCUT2D eigenvalue weighted by molar-refractivity contribution is 5.59. The second-order valence-electron chi connectivity index (χ2n) is 2.30.